The van der Waals surface area contributed by atoms with Gasteiger partial charge in [-0.1, -0.05) is 39.3 Å². The minimum absolute atomic E-state index is 0.490. The third-order valence-electron chi connectivity index (χ3n) is 4.25. The van der Waals surface area contributed by atoms with Gasteiger partial charge in [0.25, 0.3) is 0 Å². The fourth-order valence-corrected chi connectivity index (χ4v) is 3.06. The summed E-state index contributed by atoms with van der Waals surface area (Å²) < 4.78 is 0. The van der Waals surface area contributed by atoms with Crippen molar-refractivity contribution >= 4 is 17.3 Å². The van der Waals surface area contributed by atoms with Gasteiger partial charge in [0.1, 0.15) is 0 Å². The van der Waals surface area contributed by atoms with Gasteiger partial charge in [0.15, 0.2) is 0 Å². The van der Waals surface area contributed by atoms with Crippen molar-refractivity contribution in [2.24, 2.45) is 11.8 Å². The molecule has 20 heavy (non-hydrogen) atoms. The number of nitrogens with one attached hydrogen (secondary N) is 1. The Kier molecular flexibility index (Phi) is 5.34. The first-order valence-electron chi connectivity index (χ1n) is 7.74. The van der Waals surface area contributed by atoms with Crippen LogP contribution in [0.2, 0.25) is 5.02 Å². The van der Waals surface area contributed by atoms with Gasteiger partial charge < -0.3 is 10.2 Å². The van der Waals surface area contributed by atoms with E-state index < -0.39 is 0 Å². The maximum absolute atomic E-state index is 6.17. The summed E-state index contributed by atoms with van der Waals surface area (Å²) in [4.78, 5) is 2.53. The fourth-order valence-electron chi connectivity index (χ4n) is 2.87. The second-order valence-corrected chi connectivity index (χ2v) is 6.98. The van der Waals surface area contributed by atoms with Crippen LogP contribution in [0.25, 0.3) is 0 Å². The summed E-state index contributed by atoms with van der Waals surface area (Å²) in [6, 6.07) is 6.79. The lowest BCUT2D eigenvalue weighted by Crippen LogP contribution is -2.26. The van der Waals surface area contributed by atoms with Crippen LogP contribution in [0.4, 0.5) is 5.69 Å². The molecule has 1 unspecified atom stereocenters. The van der Waals surface area contributed by atoms with Gasteiger partial charge in [-0.15, -0.1) is 0 Å². The normalized spacial score (nSPS) is 19.4. The molecule has 0 aromatic heterocycles. The minimum atomic E-state index is 0.490. The predicted molar refractivity (Wildman–Crippen MR) is 88.6 cm³/mol. The van der Waals surface area contributed by atoms with E-state index in [1.165, 1.54) is 30.8 Å². The molecule has 0 spiro atoms. The van der Waals surface area contributed by atoms with E-state index in [9.17, 15) is 0 Å². The standard InChI is InChI=1S/C17H27ClN2/c1-12(2)14-7-8-20(11-14)17-6-5-16(18)9-15(17)10-19-13(3)4/h5-6,9,12-14,19H,7-8,10-11H2,1-4H3. The number of benzene rings is 1. The maximum Gasteiger partial charge on any atom is 0.0412 e. The largest absolute Gasteiger partial charge is 0.371 e. The van der Waals surface area contributed by atoms with Crippen molar-refractivity contribution in [3.63, 3.8) is 0 Å². The number of hydrogen-bond acceptors (Lipinski definition) is 2. The third kappa shape index (κ3) is 3.89. The molecule has 112 valence electrons. The summed E-state index contributed by atoms with van der Waals surface area (Å²) in [5, 5.41) is 4.33. The Balaban J connectivity index is 2.14. The molecule has 0 saturated carbocycles. The highest BCUT2D eigenvalue weighted by atomic mass is 35.5. The second kappa shape index (κ2) is 6.82. The summed E-state index contributed by atoms with van der Waals surface area (Å²) in [5.74, 6) is 1.58. The number of anilines is 1. The molecule has 2 nitrogen and oxygen atoms in total. The van der Waals surface area contributed by atoms with E-state index in [0.29, 0.717) is 6.04 Å². The van der Waals surface area contributed by atoms with Crippen molar-refractivity contribution < 1.29 is 0 Å². The van der Waals surface area contributed by atoms with Gasteiger partial charge in [0.2, 0.25) is 0 Å². The van der Waals surface area contributed by atoms with Gasteiger partial charge in [-0.3, -0.25) is 0 Å². The molecule has 1 fully saturated rings. The summed E-state index contributed by atoms with van der Waals surface area (Å²) in [6.07, 6.45) is 1.30. The van der Waals surface area contributed by atoms with Crippen LogP contribution < -0.4 is 10.2 Å². The molecule has 1 atom stereocenters. The molecule has 0 bridgehead atoms. The van der Waals surface area contributed by atoms with Crippen LogP contribution >= 0.6 is 11.6 Å². The fraction of sp³-hybridized carbons (Fsp3) is 0.647. The predicted octanol–water partition coefficient (Wildman–Crippen LogP) is 4.32. The van der Waals surface area contributed by atoms with E-state index in [4.69, 9.17) is 11.6 Å². The minimum Gasteiger partial charge on any atom is -0.371 e. The molecule has 3 heteroatoms. The maximum atomic E-state index is 6.17. The topological polar surface area (TPSA) is 15.3 Å². The van der Waals surface area contributed by atoms with Gasteiger partial charge >= 0.3 is 0 Å². The lowest BCUT2D eigenvalue weighted by Gasteiger charge is -2.24. The molecule has 1 heterocycles. The Hall–Kier alpha value is -0.730. The van der Waals surface area contributed by atoms with Crippen LogP contribution in [0.5, 0.6) is 0 Å². The molecule has 1 N–H and O–H groups in total. The first kappa shape index (κ1) is 15.7. The lowest BCUT2D eigenvalue weighted by atomic mass is 9.95. The Bertz CT molecular complexity index is 443. The van der Waals surface area contributed by atoms with E-state index in [-0.39, 0.29) is 0 Å². The van der Waals surface area contributed by atoms with Crippen LogP contribution in [0, 0.1) is 11.8 Å². The van der Waals surface area contributed by atoms with Gasteiger partial charge in [0, 0.05) is 36.4 Å². The zero-order valence-electron chi connectivity index (χ0n) is 13.1. The molecule has 0 aliphatic carbocycles. The van der Waals surface area contributed by atoms with Gasteiger partial charge in [0.05, 0.1) is 0 Å². The van der Waals surface area contributed by atoms with Gasteiger partial charge in [-0.05, 0) is 42.0 Å². The first-order valence-corrected chi connectivity index (χ1v) is 8.12. The van der Waals surface area contributed by atoms with Crippen LogP contribution in [0.1, 0.15) is 39.7 Å². The van der Waals surface area contributed by atoms with Crippen molar-refractivity contribution in [3.05, 3.63) is 28.8 Å². The Labute approximate surface area is 128 Å². The molecule has 2 rings (SSSR count). The zero-order valence-corrected chi connectivity index (χ0v) is 13.9. The highest BCUT2D eigenvalue weighted by molar-refractivity contribution is 6.30. The van der Waals surface area contributed by atoms with E-state index >= 15 is 0 Å². The summed E-state index contributed by atoms with van der Waals surface area (Å²) in [6.45, 7) is 12.2. The Morgan fingerprint density at radius 1 is 1.30 bits per heavy atom. The summed E-state index contributed by atoms with van der Waals surface area (Å²) >= 11 is 6.17. The van der Waals surface area contributed by atoms with E-state index in [2.05, 4.69) is 50.0 Å². The highest BCUT2D eigenvalue weighted by Gasteiger charge is 2.26. The SMILES string of the molecule is CC(C)NCc1cc(Cl)ccc1N1CCC(C(C)C)C1. The van der Waals surface area contributed by atoms with Crippen molar-refractivity contribution in [1.82, 2.24) is 5.32 Å². The van der Waals surface area contributed by atoms with Crippen LogP contribution in [-0.2, 0) is 6.54 Å². The molecule has 0 radical (unpaired) electrons. The molecule has 1 aliphatic rings. The summed E-state index contributed by atoms with van der Waals surface area (Å²) in [7, 11) is 0. The lowest BCUT2D eigenvalue weighted by molar-refractivity contribution is 0.422. The number of hydrogen-bond donors (Lipinski definition) is 1. The smallest absolute Gasteiger partial charge is 0.0412 e. The molecule has 1 saturated heterocycles. The number of halogens is 1. The molecule has 1 aromatic carbocycles. The van der Waals surface area contributed by atoms with Crippen LogP contribution in [0.15, 0.2) is 18.2 Å². The van der Waals surface area contributed by atoms with Gasteiger partial charge in [-0.2, -0.15) is 0 Å². The Morgan fingerprint density at radius 3 is 2.65 bits per heavy atom. The van der Waals surface area contributed by atoms with Crippen molar-refractivity contribution in [2.75, 3.05) is 18.0 Å². The monoisotopic (exact) mass is 294 g/mol. The van der Waals surface area contributed by atoms with Crippen molar-refractivity contribution in [1.29, 1.82) is 0 Å². The van der Waals surface area contributed by atoms with Crippen LogP contribution in [0.3, 0.4) is 0 Å². The number of nitrogens with zero attached hydrogens (tertiary/aromatic N) is 1. The number of rotatable bonds is 5. The zero-order chi connectivity index (χ0) is 14.7. The Morgan fingerprint density at radius 2 is 2.05 bits per heavy atom. The molecule has 0 amide bonds. The average Bonchev–Trinajstić information content (AvgIpc) is 2.86. The quantitative estimate of drug-likeness (QED) is 0.870. The van der Waals surface area contributed by atoms with E-state index in [1.54, 1.807) is 0 Å². The molecule has 1 aliphatic heterocycles. The highest BCUT2D eigenvalue weighted by Crippen LogP contribution is 2.31. The average molecular weight is 295 g/mol. The van der Waals surface area contributed by atoms with Gasteiger partial charge in [-0.25, -0.2) is 0 Å². The molecular formula is C17H27ClN2. The second-order valence-electron chi connectivity index (χ2n) is 6.55. The molecule has 1 aromatic rings. The van der Waals surface area contributed by atoms with E-state index in [0.717, 1.165) is 23.4 Å². The van der Waals surface area contributed by atoms with E-state index in [1.807, 2.05) is 6.07 Å². The third-order valence-corrected chi connectivity index (χ3v) is 4.49. The van der Waals surface area contributed by atoms with Crippen LogP contribution in [-0.4, -0.2) is 19.1 Å². The van der Waals surface area contributed by atoms with Crippen molar-refractivity contribution in [3.8, 4) is 0 Å². The first-order chi connectivity index (χ1) is 9.47. The molecular weight excluding hydrogens is 268 g/mol. The van der Waals surface area contributed by atoms with Crippen molar-refractivity contribution in [2.45, 2.75) is 46.7 Å². The summed E-state index contributed by atoms with van der Waals surface area (Å²) in [5.41, 5.74) is 2.67.